The Labute approximate surface area is 161 Å². The summed E-state index contributed by atoms with van der Waals surface area (Å²) in [6, 6.07) is 19.4. The second-order valence-electron chi connectivity index (χ2n) is 7.81. The minimum atomic E-state index is 0.629. The molecule has 2 aliphatic heterocycles. The maximum absolute atomic E-state index is 4.10. The molecule has 0 saturated carbocycles. The average Bonchev–Trinajstić information content (AvgIpc) is 3.19. The lowest BCUT2D eigenvalue weighted by molar-refractivity contribution is 0.150. The Kier molecular flexibility index (Phi) is 4.46. The second kappa shape index (κ2) is 7.24. The fourth-order valence-corrected chi connectivity index (χ4v) is 4.82. The van der Waals surface area contributed by atoms with E-state index in [9.17, 15) is 0 Å². The van der Waals surface area contributed by atoms with E-state index in [0.717, 1.165) is 17.2 Å². The molecule has 3 nitrogen and oxygen atoms in total. The number of aromatic nitrogens is 2. The molecule has 5 rings (SSSR count). The van der Waals surface area contributed by atoms with E-state index in [0.29, 0.717) is 6.04 Å². The lowest BCUT2D eigenvalue weighted by Crippen LogP contribution is -2.35. The minimum absolute atomic E-state index is 0.629. The molecule has 0 bridgehead atoms. The largest absolute Gasteiger partial charge is 0.293 e. The van der Waals surface area contributed by atoms with Gasteiger partial charge in [-0.3, -0.25) is 4.90 Å². The number of fused-ring (bicyclic) bond motifs is 1. The molecule has 2 aromatic carbocycles. The van der Waals surface area contributed by atoms with Crippen LogP contribution in [0.2, 0.25) is 0 Å². The Hall–Kier alpha value is -2.52. The van der Waals surface area contributed by atoms with Crippen LogP contribution >= 0.6 is 0 Å². The Bertz CT molecular complexity index is 887. The smallest absolute Gasteiger partial charge is 0.115 e. The summed E-state index contributed by atoms with van der Waals surface area (Å²) in [5.74, 6) is 0. The normalized spacial score (nSPS) is 22.5. The van der Waals surface area contributed by atoms with Gasteiger partial charge in [0.2, 0.25) is 0 Å². The van der Waals surface area contributed by atoms with Gasteiger partial charge < -0.3 is 0 Å². The van der Waals surface area contributed by atoms with Gasteiger partial charge in [-0.2, -0.15) is 0 Å². The first-order valence-electron chi connectivity index (χ1n) is 10.1. The monoisotopic (exact) mass is 355 g/mol. The van der Waals surface area contributed by atoms with E-state index in [4.69, 9.17) is 0 Å². The molecule has 2 unspecified atom stereocenters. The molecule has 0 spiro atoms. The van der Waals surface area contributed by atoms with Gasteiger partial charge in [-0.05, 0) is 54.5 Å². The summed E-state index contributed by atoms with van der Waals surface area (Å²) in [7, 11) is 0. The molecule has 2 aliphatic rings. The third kappa shape index (κ3) is 3.28. The average molecular weight is 355 g/mol. The number of nitrogens with zero attached hydrogens (tertiary/aromatic N) is 3. The maximum atomic E-state index is 4.10. The summed E-state index contributed by atoms with van der Waals surface area (Å²) in [5, 5.41) is 0. The Morgan fingerprint density at radius 3 is 2.00 bits per heavy atom. The van der Waals surface area contributed by atoms with E-state index >= 15 is 0 Å². The lowest BCUT2D eigenvalue weighted by Gasteiger charge is -2.34. The molecule has 0 radical (unpaired) electrons. The molecule has 3 heterocycles. The molecular formula is C24H25N3. The molecule has 0 amide bonds. The molecule has 3 aromatic rings. The quantitative estimate of drug-likeness (QED) is 0.621. The van der Waals surface area contributed by atoms with Gasteiger partial charge in [0.05, 0.1) is 0 Å². The summed E-state index contributed by atoms with van der Waals surface area (Å²) in [5.41, 5.74) is 6.23. The van der Waals surface area contributed by atoms with Gasteiger partial charge in [-0.1, -0.05) is 55.0 Å². The van der Waals surface area contributed by atoms with Crippen molar-refractivity contribution in [2.45, 2.75) is 44.2 Å². The number of piperidine rings is 1. The van der Waals surface area contributed by atoms with Crippen molar-refractivity contribution in [1.82, 2.24) is 14.9 Å². The molecule has 0 aliphatic carbocycles. The molecule has 3 heteroatoms. The zero-order chi connectivity index (χ0) is 18.1. The summed E-state index contributed by atoms with van der Waals surface area (Å²) < 4.78 is 0. The third-order valence-corrected chi connectivity index (χ3v) is 6.25. The number of hydrogen-bond acceptors (Lipinski definition) is 3. The zero-order valence-electron chi connectivity index (χ0n) is 15.6. The van der Waals surface area contributed by atoms with E-state index in [-0.39, 0.29) is 0 Å². The summed E-state index contributed by atoms with van der Waals surface area (Å²) >= 11 is 0. The van der Waals surface area contributed by atoms with Crippen LogP contribution in [-0.4, -0.2) is 27.5 Å². The van der Waals surface area contributed by atoms with Crippen molar-refractivity contribution >= 4 is 0 Å². The van der Waals surface area contributed by atoms with Crippen LogP contribution < -0.4 is 0 Å². The standard InChI is InChI=1S/C24H25N3/c1-2-14-27-23(3-1)12-13-24(27)21-10-8-19(9-11-21)18-4-6-20(7-5-18)22-15-25-17-26-16-22/h4-11,15-17,23-24H,1-3,12-14H2. The van der Waals surface area contributed by atoms with Crippen molar-refractivity contribution in [2.75, 3.05) is 6.54 Å². The fraction of sp³-hybridized carbons (Fsp3) is 0.333. The van der Waals surface area contributed by atoms with E-state index in [1.165, 1.54) is 55.3 Å². The summed E-state index contributed by atoms with van der Waals surface area (Å²) in [6.07, 6.45) is 12.1. The predicted octanol–water partition coefficient (Wildman–Crippen LogP) is 5.50. The van der Waals surface area contributed by atoms with Crippen LogP contribution in [0.25, 0.3) is 22.3 Å². The van der Waals surface area contributed by atoms with E-state index in [2.05, 4.69) is 63.4 Å². The van der Waals surface area contributed by atoms with Crippen molar-refractivity contribution in [3.8, 4) is 22.3 Å². The van der Waals surface area contributed by atoms with E-state index in [1.807, 2.05) is 12.4 Å². The van der Waals surface area contributed by atoms with Gasteiger partial charge in [0, 0.05) is 30.0 Å². The van der Waals surface area contributed by atoms with Gasteiger partial charge in [0.15, 0.2) is 0 Å². The van der Waals surface area contributed by atoms with Gasteiger partial charge in [-0.25, -0.2) is 9.97 Å². The second-order valence-corrected chi connectivity index (χ2v) is 7.81. The van der Waals surface area contributed by atoms with Crippen LogP contribution in [-0.2, 0) is 0 Å². The summed E-state index contributed by atoms with van der Waals surface area (Å²) in [6.45, 7) is 1.28. The lowest BCUT2D eigenvalue weighted by atomic mass is 9.98. The van der Waals surface area contributed by atoms with Crippen molar-refractivity contribution in [1.29, 1.82) is 0 Å². The van der Waals surface area contributed by atoms with Crippen LogP contribution in [0, 0.1) is 0 Å². The van der Waals surface area contributed by atoms with Gasteiger partial charge >= 0.3 is 0 Å². The SMILES string of the molecule is c1ncc(-c2ccc(-c3ccc(C4CCC5CCCCN54)cc3)cc2)cn1. The molecule has 1 aromatic heterocycles. The maximum Gasteiger partial charge on any atom is 0.115 e. The Morgan fingerprint density at radius 1 is 0.667 bits per heavy atom. The summed E-state index contributed by atoms with van der Waals surface area (Å²) in [4.78, 5) is 11.0. The van der Waals surface area contributed by atoms with Gasteiger partial charge in [0.25, 0.3) is 0 Å². The molecule has 136 valence electrons. The highest BCUT2D eigenvalue weighted by atomic mass is 15.2. The van der Waals surface area contributed by atoms with Crippen molar-refractivity contribution in [2.24, 2.45) is 0 Å². The Morgan fingerprint density at radius 2 is 1.30 bits per heavy atom. The van der Waals surface area contributed by atoms with Crippen molar-refractivity contribution < 1.29 is 0 Å². The number of benzene rings is 2. The van der Waals surface area contributed by atoms with Crippen LogP contribution in [0.1, 0.15) is 43.7 Å². The first kappa shape index (κ1) is 16.6. The molecule has 2 saturated heterocycles. The van der Waals surface area contributed by atoms with Gasteiger partial charge in [0.1, 0.15) is 6.33 Å². The highest BCUT2D eigenvalue weighted by molar-refractivity contribution is 5.69. The topological polar surface area (TPSA) is 29.0 Å². The van der Waals surface area contributed by atoms with Crippen molar-refractivity contribution in [3.05, 3.63) is 72.8 Å². The van der Waals surface area contributed by atoms with Crippen molar-refractivity contribution in [3.63, 3.8) is 0 Å². The molecule has 27 heavy (non-hydrogen) atoms. The predicted molar refractivity (Wildman–Crippen MR) is 109 cm³/mol. The Balaban J connectivity index is 1.34. The minimum Gasteiger partial charge on any atom is -0.293 e. The zero-order valence-corrected chi connectivity index (χ0v) is 15.6. The van der Waals surface area contributed by atoms with Crippen LogP contribution in [0.15, 0.2) is 67.3 Å². The molecule has 2 fully saturated rings. The van der Waals surface area contributed by atoms with E-state index in [1.54, 1.807) is 6.33 Å². The molecular weight excluding hydrogens is 330 g/mol. The number of hydrogen-bond donors (Lipinski definition) is 0. The van der Waals surface area contributed by atoms with Crippen LogP contribution in [0.5, 0.6) is 0 Å². The van der Waals surface area contributed by atoms with E-state index < -0.39 is 0 Å². The van der Waals surface area contributed by atoms with Crippen LogP contribution in [0.4, 0.5) is 0 Å². The molecule has 2 atom stereocenters. The number of rotatable bonds is 3. The first-order chi connectivity index (χ1) is 13.4. The highest BCUT2D eigenvalue weighted by Gasteiger charge is 2.35. The van der Waals surface area contributed by atoms with Crippen LogP contribution in [0.3, 0.4) is 0 Å². The third-order valence-electron chi connectivity index (χ3n) is 6.25. The highest BCUT2D eigenvalue weighted by Crippen LogP contribution is 2.40. The first-order valence-corrected chi connectivity index (χ1v) is 10.1. The fourth-order valence-electron chi connectivity index (χ4n) is 4.82. The molecule has 0 N–H and O–H groups in total. The van der Waals surface area contributed by atoms with Gasteiger partial charge in [-0.15, -0.1) is 0 Å².